The van der Waals surface area contributed by atoms with Gasteiger partial charge in [-0.25, -0.2) is 14.4 Å². The highest BCUT2D eigenvalue weighted by Gasteiger charge is 2.27. The van der Waals surface area contributed by atoms with Crippen molar-refractivity contribution >= 4 is 22.6 Å². The lowest BCUT2D eigenvalue weighted by atomic mass is 10.0. The summed E-state index contributed by atoms with van der Waals surface area (Å²) in [5, 5.41) is 16.5. The highest BCUT2D eigenvalue weighted by molar-refractivity contribution is 5.99. The molecule has 3 aromatic heterocycles. The number of nitrogens with zero attached hydrogens (tertiary/aromatic N) is 3. The van der Waals surface area contributed by atoms with E-state index in [-0.39, 0.29) is 12.6 Å². The molecule has 1 atom stereocenters. The van der Waals surface area contributed by atoms with E-state index in [2.05, 4.69) is 20.6 Å². The first kappa shape index (κ1) is 20.7. The van der Waals surface area contributed by atoms with Crippen LogP contribution in [0.2, 0.25) is 0 Å². The molecule has 0 saturated carbocycles. The van der Waals surface area contributed by atoms with Gasteiger partial charge < -0.3 is 15.7 Å². The second-order valence-corrected chi connectivity index (χ2v) is 7.82. The van der Waals surface area contributed by atoms with E-state index in [0.29, 0.717) is 17.1 Å². The van der Waals surface area contributed by atoms with Crippen molar-refractivity contribution in [1.82, 2.24) is 19.9 Å². The fourth-order valence-corrected chi connectivity index (χ4v) is 2.87. The number of aliphatic hydroxyl groups is 1. The third-order valence-corrected chi connectivity index (χ3v) is 4.48. The number of hydrogen-bond donors (Lipinski definition) is 3. The lowest BCUT2D eigenvalue weighted by molar-refractivity contribution is -0.00177. The summed E-state index contributed by atoms with van der Waals surface area (Å²) in [7, 11) is 0. The summed E-state index contributed by atoms with van der Waals surface area (Å²) in [4.78, 5) is 21.4. The molecule has 0 aromatic carbocycles. The van der Waals surface area contributed by atoms with Crippen LogP contribution in [0.15, 0.2) is 42.9 Å². The molecule has 0 aliphatic carbocycles. The Morgan fingerprint density at radius 2 is 2.07 bits per heavy atom. The lowest BCUT2D eigenvalue weighted by Crippen LogP contribution is -2.42. The number of aromatic nitrogens is 3. The first-order valence-corrected chi connectivity index (χ1v) is 9.50. The minimum absolute atomic E-state index is 0.0710. The number of fused-ring (bicyclic) bond motifs is 1. The van der Waals surface area contributed by atoms with Crippen molar-refractivity contribution in [3.8, 4) is 5.82 Å². The molecule has 3 rings (SSSR count). The lowest BCUT2D eigenvalue weighted by Gasteiger charge is -2.23. The predicted molar refractivity (Wildman–Crippen MR) is 111 cm³/mol. The summed E-state index contributed by atoms with van der Waals surface area (Å²) < 4.78 is 15.8. The summed E-state index contributed by atoms with van der Waals surface area (Å²) in [6.45, 7) is 6.35. The van der Waals surface area contributed by atoms with E-state index in [9.17, 15) is 14.3 Å². The normalized spacial score (nSPS) is 12.9. The molecular weight excluding hydrogens is 373 g/mol. The molecule has 3 heterocycles. The van der Waals surface area contributed by atoms with E-state index < -0.39 is 17.7 Å². The summed E-state index contributed by atoms with van der Waals surface area (Å²) >= 11 is 0. The number of pyridine rings is 2. The monoisotopic (exact) mass is 399 g/mol. The van der Waals surface area contributed by atoms with Gasteiger partial charge in [-0.1, -0.05) is 0 Å². The number of hydrogen-bond acceptors (Lipinski definition) is 5. The number of amides is 1. The van der Waals surface area contributed by atoms with Crippen LogP contribution < -0.4 is 10.6 Å². The van der Waals surface area contributed by atoms with E-state index in [1.165, 1.54) is 20.0 Å². The van der Waals surface area contributed by atoms with Crippen molar-refractivity contribution in [2.45, 2.75) is 45.5 Å². The molecule has 0 fully saturated rings. The van der Waals surface area contributed by atoms with Crippen LogP contribution in [0.25, 0.3) is 16.9 Å². The van der Waals surface area contributed by atoms with Crippen LogP contribution in [0.3, 0.4) is 0 Å². The van der Waals surface area contributed by atoms with Gasteiger partial charge >= 0.3 is 0 Å². The summed E-state index contributed by atoms with van der Waals surface area (Å²) in [5.74, 6) is 0.146. The molecule has 154 valence electrons. The van der Waals surface area contributed by atoms with Gasteiger partial charge in [-0.05, 0) is 45.9 Å². The van der Waals surface area contributed by atoms with Crippen molar-refractivity contribution < 1.29 is 14.3 Å². The van der Waals surface area contributed by atoms with Crippen molar-refractivity contribution in [3.05, 3.63) is 48.4 Å². The van der Waals surface area contributed by atoms with Gasteiger partial charge in [0.05, 0.1) is 23.4 Å². The maximum Gasteiger partial charge on any atom is 0.255 e. The molecule has 7 nitrogen and oxygen atoms in total. The van der Waals surface area contributed by atoms with Crippen LogP contribution in [-0.2, 0) is 0 Å². The number of anilines is 1. The van der Waals surface area contributed by atoms with Gasteiger partial charge in [0.2, 0.25) is 0 Å². The molecule has 3 N–H and O–H groups in total. The highest BCUT2D eigenvalue weighted by Crippen LogP contribution is 2.23. The maximum atomic E-state index is 14.0. The fourth-order valence-electron chi connectivity index (χ4n) is 2.87. The minimum atomic E-state index is -1.59. The average molecular weight is 399 g/mol. The Labute approximate surface area is 169 Å². The van der Waals surface area contributed by atoms with Crippen molar-refractivity contribution in [1.29, 1.82) is 0 Å². The third kappa shape index (κ3) is 4.71. The summed E-state index contributed by atoms with van der Waals surface area (Å²) in [6.07, 6.45) is 3.46. The fraction of sp³-hybridized carbons (Fsp3) is 0.381. The zero-order valence-electron chi connectivity index (χ0n) is 17.0. The van der Waals surface area contributed by atoms with E-state index >= 15 is 0 Å². The zero-order chi connectivity index (χ0) is 21.2. The van der Waals surface area contributed by atoms with Gasteiger partial charge in [0.1, 0.15) is 17.6 Å². The van der Waals surface area contributed by atoms with Gasteiger partial charge in [0.15, 0.2) is 0 Å². The van der Waals surface area contributed by atoms with E-state index in [4.69, 9.17) is 0 Å². The molecule has 29 heavy (non-hydrogen) atoms. The molecule has 0 aliphatic heterocycles. The Morgan fingerprint density at radius 3 is 2.76 bits per heavy atom. The van der Waals surface area contributed by atoms with Crippen molar-refractivity contribution in [3.63, 3.8) is 0 Å². The largest absolute Gasteiger partial charge is 0.387 e. The van der Waals surface area contributed by atoms with Crippen LogP contribution in [0.4, 0.5) is 10.1 Å². The number of carbonyl (C=O) groups is 1. The minimum Gasteiger partial charge on any atom is -0.387 e. The van der Waals surface area contributed by atoms with E-state index in [1.807, 2.05) is 42.8 Å². The SMILES string of the molecule is CC(C)Nc1cc(-n2ccc3cccnc32)ncc1C(=O)NC[C@@H](F)C(C)(C)O. The van der Waals surface area contributed by atoms with Crippen LogP contribution in [0.1, 0.15) is 38.1 Å². The van der Waals surface area contributed by atoms with Crippen LogP contribution in [0.5, 0.6) is 0 Å². The molecular formula is C21H26FN5O2. The summed E-state index contributed by atoms with van der Waals surface area (Å²) in [5.41, 5.74) is 0.114. The Hall–Kier alpha value is -3.00. The van der Waals surface area contributed by atoms with Crippen LogP contribution in [0, 0.1) is 0 Å². The molecule has 0 bridgehead atoms. The Kier molecular flexibility index (Phi) is 5.83. The van der Waals surface area contributed by atoms with Gasteiger partial charge in [-0.3, -0.25) is 9.36 Å². The predicted octanol–water partition coefficient (Wildman–Crippen LogP) is 3.08. The standard InChI is InChI=1S/C21H26FN5O2/c1-13(2)26-16-10-18(27-9-7-14-6-5-8-23-19(14)27)24-11-15(16)20(28)25-12-17(22)21(3,4)29/h5-11,13,17,29H,12H2,1-4H3,(H,24,26)(H,25,28)/t17-/m1/s1. The number of nitrogens with one attached hydrogen (secondary N) is 2. The molecule has 3 aromatic rings. The smallest absolute Gasteiger partial charge is 0.255 e. The van der Waals surface area contributed by atoms with E-state index in [0.717, 1.165) is 11.0 Å². The Bertz CT molecular complexity index is 1010. The van der Waals surface area contributed by atoms with Crippen LogP contribution >= 0.6 is 0 Å². The second kappa shape index (κ2) is 8.16. The van der Waals surface area contributed by atoms with Crippen LogP contribution in [-0.4, -0.2) is 49.9 Å². The molecule has 1 amide bonds. The quantitative estimate of drug-likeness (QED) is 0.568. The molecule has 0 aliphatic rings. The first-order valence-electron chi connectivity index (χ1n) is 9.50. The number of alkyl halides is 1. The van der Waals surface area contributed by atoms with Gasteiger partial charge in [0.25, 0.3) is 5.91 Å². The molecule has 0 saturated heterocycles. The molecule has 8 heteroatoms. The topological polar surface area (TPSA) is 92.1 Å². The molecule has 0 radical (unpaired) electrons. The maximum absolute atomic E-state index is 14.0. The highest BCUT2D eigenvalue weighted by atomic mass is 19.1. The molecule has 0 spiro atoms. The van der Waals surface area contributed by atoms with Crippen molar-refractivity contribution in [2.24, 2.45) is 0 Å². The van der Waals surface area contributed by atoms with Crippen molar-refractivity contribution in [2.75, 3.05) is 11.9 Å². The number of halogens is 1. The number of carbonyl (C=O) groups excluding carboxylic acids is 1. The second-order valence-electron chi connectivity index (χ2n) is 7.82. The number of rotatable bonds is 7. The third-order valence-electron chi connectivity index (χ3n) is 4.48. The molecule has 0 unspecified atom stereocenters. The Balaban J connectivity index is 1.91. The Morgan fingerprint density at radius 1 is 1.31 bits per heavy atom. The first-order chi connectivity index (χ1) is 13.7. The van der Waals surface area contributed by atoms with Gasteiger partial charge in [0, 0.05) is 36.1 Å². The van der Waals surface area contributed by atoms with E-state index in [1.54, 1.807) is 12.3 Å². The van der Waals surface area contributed by atoms with Gasteiger partial charge in [-0.15, -0.1) is 0 Å². The average Bonchev–Trinajstić information content (AvgIpc) is 3.08. The summed E-state index contributed by atoms with van der Waals surface area (Å²) in [6, 6.07) is 7.61. The zero-order valence-corrected chi connectivity index (χ0v) is 17.0. The van der Waals surface area contributed by atoms with Gasteiger partial charge in [-0.2, -0.15) is 0 Å².